The molecule has 2 aliphatic rings. The van der Waals surface area contributed by atoms with Gasteiger partial charge in [-0.1, -0.05) is 0 Å². The van der Waals surface area contributed by atoms with Crippen LogP contribution in [0, 0.1) is 5.92 Å². The van der Waals surface area contributed by atoms with Gasteiger partial charge in [0, 0.05) is 44.0 Å². The Hall–Kier alpha value is -2.05. The van der Waals surface area contributed by atoms with E-state index < -0.39 is 5.97 Å². The summed E-state index contributed by atoms with van der Waals surface area (Å²) in [4.78, 5) is 25.0. The zero-order valence-electron chi connectivity index (χ0n) is 12.7. The van der Waals surface area contributed by atoms with Gasteiger partial charge in [0.2, 0.25) is 0 Å². The van der Waals surface area contributed by atoms with Crippen LogP contribution in [0.2, 0.25) is 0 Å². The molecule has 0 bridgehead atoms. The molecule has 22 heavy (non-hydrogen) atoms. The fourth-order valence-corrected chi connectivity index (χ4v) is 3.39. The number of aliphatic carboxylic acids is 1. The second-order valence-electron chi connectivity index (χ2n) is 6.32. The van der Waals surface area contributed by atoms with E-state index in [0.717, 1.165) is 25.1 Å². The van der Waals surface area contributed by atoms with Crippen molar-refractivity contribution >= 4 is 12.0 Å². The lowest BCUT2D eigenvalue weighted by Crippen LogP contribution is -2.53. The lowest BCUT2D eigenvalue weighted by Gasteiger charge is -2.37. The molecule has 1 aromatic rings. The molecule has 0 spiro atoms. The number of urea groups is 1. The highest BCUT2D eigenvalue weighted by Gasteiger charge is 2.36. The zero-order chi connectivity index (χ0) is 15.7. The summed E-state index contributed by atoms with van der Waals surface area (Å²) in [7, 11) is 1.93. The number of hydrogen-bond donors (Lipinski definition) is 2. The molecule has 2 N–H and O–H groups in total. The van der Waals surface area contributed by atoms with Gasteiger partial charge in [-0.15, -0.1) is 0 Å². The third kappa shape index (κ3) is 2.93. The van der Waals surface area contributed by atoms with E-state index in [1.807, 2.05) is 22.7 Å². The number of likely N-dealkylation sites (tertiary alicyclic amines) is 1. The number of nitrogens with zero attached hydrogens (tertiary/aromatic N) is 3. The zero-order valence-corrected chi connectivity index (χ0v) is 12.7. The van der Waals surface area contributed by atoms with Crippen LogP contribution in [0.5, 0.6) is 0 Å². The van der Waals surface area contributed by atoms with Crippen molar-refractivity contribution in [2.24, 2.45) is 13.0 Å². The van der Waals surface area contributed by atoms with Crippen LogP contribution in [-0.2, 0) is 11.8 Å². The third-order valence-electron chi connectivity index (χ3n) is 4.80. The van der Waals surface area contributed by atoms with Gasteiger partial charge in [-0.3, -0.25) is 9.48 Å². The number of carbonyl (C=O) groups excluding carboxylic acids is 1. The molecule has 2 amide bonds. The van der Waals surface area contributed by atoms with Gasteiger partial charge in [0.05, 0.1) is 5.92 Å². The van der Waals surface area contributed by atoms with Crippen LogP contribution in [0.1, 0.15) is 37.3 Å². The number of carboxylic acids is 1. The lowest BCUT2D eigenvalue weighted by molar-refractivity contribution is -0.145. The minimum Gasteiger partial charge on any atom is -0.481 e. The van der Waals surface area contributed by atoms with Crippen molar-refractivity contribution < 1.29 is 14.7 Å². The maximum atomic E-state index is 12.3. The Morgan fingerprint density at radius 2 is 2.18 bits per heavy atom. The predicted octanol–water partition coefficient (Wildman–Crippen LogP) is 1.17. The number of nitrogens with one attached hydrogen (secondary N) is 1. The standard InChI is InChI=1S/C15H22N4O3/c1-18-13(4-5-16-18)10-3-2-6-19(9-10)15(22)17-12-7-11(8-12)14(20)21/h4-5,10-12H,2-3,6-9H2,1H3,(H,17,22)(H,20,21). The van der Waals surface area contributed by atoms with Crippen LogP contribution >= 0.6 is 0 Å². The molecule has 120 valence electrons. The Kier molecular flexibility index (Phi) is 4.04. The summed E-state index contributed by atoms with van der Waals surface area (Å²) < 4.78 is 1.87. The maximum Gasteiger partial charge on any atom is 0.317 e. The monoisotopic (exact) mass is 306 g/mol. The van der Waals surface area contributed by atoms with E-state index in [0.29, 0.717) is 25.3 Å². The predicted molar refractivity (Wildman–Crippen MR) is 79.4 cm³/mol. The van der Waals surface area contributed by atoms with Crippen LogP contribution in [0.15, 0.2) is 12.3 Å². The van der Waals surface area contributed by atoms with Crippen molar-refractivity contribution in [1.82, 2.24) is 20.0 Å². The van der Waals surface area contributed by atoms with E-state index in [1.54, 1.807) is 6.20 Å². The van der Waals surface area contributed by atoms with Gasteiger partial charge in [-0.25, -0.2) is 4.79 Å². The number of rotatable bonds is 3. The summed E-state index contributed by atoms with van der Waals surface area (Å²) in [5, 5.41) is 16.0. The van der Waals surface area contributed by atoms with Gasteiger partial charge in [0.15, 0.2) is 0 Å². The summed E-state index contributed by atoms with van der Waals surface area (Å²) >= 11 is 0. The highest BCUT2D eigenvalue weighted by molar-refractivity contribution is 5.76. The van der Waals surface area contributed by atoms with Crippen molar-refractivity contribution in [3.8, 4) is 0 Å². The summed E-state index contributed by atoms with van der Waals surface area (Å²) in [5.74, 6) is -0.742. The van der Waals surface area contributed by atoms with Crippen LogP contribution in [-0.4, -0.2) is 50.9 Å². The molecule has 7 heteroatoms. The molecule has 1 atom stereocenters. The van der Waals surface area contributed by atoms with Crippen LogP contribution < -0.4 is 5.32 Å². The normalized spacial score (nSPS) is 28.0. The highest BCUT2D eigenvalue weighted by Crippen LogP contribution is 2.29. The van der Waals surface area contributed by atoms with Gasteiger partial charge in [0.1, 0.15) is 0 Å². The number of amides is 2. The van der Waals surface area contributed by atoms with Crippen molar-refractivity contribution in [2.75, 3.05) is 13.1 Å². The van der Waals surface area contributed by atoms with E-state index in [-0.39, 0.29) is 18.0 Å². The Labute approximate surface area is 129 Å². The Morgan fingerprint density at radius 1 is 1.41 bits per heavy atom. The fourth-order valence-electron chi connectivity index (χ4n) is 3.39. The number of aromatic nitrogens is 2. The first kappa shape index (κ1) is 14.9. The Morgan fingerprint density at radius 3 is 2.82 bits per heavy atom. The highest BCUT2D eigenvalue weighted by atomic mass is 16.4. The molecule has 1 aliphatic heterocycles. The average molecular weight is 306 g/mol. The molecule has 3 rings (SSSR count). The summed E-state index contributed by atoms with van der Waals surface area (Å²) in [6, 6.07) is 1.95. The average Bonchev–Trinajstić information content (AvgIpc) is 2.88. The van der Waals surface area contributed by atoms with Crippen LogP contribution in [0.3, 0.4) is 0 Å². The Bertz CT molecular complexity index is 565. The van der Waals surface area contributed by atoms with Gasteiger partial charge in [-0.2, -0.15) is 5.10 Å². The molecule has 2 fully saturated rings. The first-order valence-corrected chi connectivity index (χ1v) is 7.80. The quantitative estimate of drug-likeness (QED) is 0.877. The van der Waals surface area contributed by atoms with Crippen molar-refractivity contribution in [3.63, 3.8) is 0 Å². The largest absolute Gasteiger partial charge is 0.481 e. The smallest absolute Gasteiger partial charge is 0.317 e. The van der Waals surface area contributed by atoms with E-state index in [9.17, 15) is 9.59 Å². The number of carbonyl (C=O) groups is 2. The lowest BCUT2D eigenvalue weighted by atomic mass is 9.80. The first-order chi connectivity index (χ1) is 10.5. The van der Waals surface area contributed by atoms with E-state index in [1.165, 1.54) is 0 Å². The third-order valence-corrected chi connectivity index (χ3v) is 4.80. The molecule has 1 unspecified atom stereocenters. The summed E-state index contributed by atoms with van der Waals surface area (Å²) in [6.45, 7) is 1.45. The molecule has 0 radical (unpaired) electrons. The van der Waals surface area contributed by atoms with Crippen molar-refractivity contribution in [1.29, 1.82) is 0 Å². The number of piperidine rings is 1. The Balaban J connectivity index is 1.53. The van der Waals surface area contributed by atoms with Gasteiger partial charge in [-0.05, 0) is 31.7 Å². The molecule has 2 heterocycles. The molecule has 1 aromatic heterocycles. The number of hydrogen-bond acceptors (Lipinski definition) is 3. The maximum absolute atomic E-state index is 12.3. The summed E-state index contributed by atoms with van der Waals surface area (Å²) in [6.07, 6.45) is 4.91. The minimum atomic E-state index is -0.764. The molecule has 1 aliphatic carbocycles. The second kappa shape index (κ2) is 5.98. The summed E-state index contributed by atoms with van der Waals surface area (Å²) in [5.41, 5.74) is 1.16. The van der Waals surface area contributed by atoms with Gasteiger partial charge < -0.3 is 15.3 Å². The van der Waals surface area contributed by atoms with Gasteiger partial charge in [0.25, 0.3) is 0 Å². The van der Waals surface area contributed by atoms with Gasteiger partial charge >= 0.3 is 12.0 Å². The second-order valence-corrected chi connectivity index (χ2v) is 6.32. The van der Waals surface area contributed by atoms with E-state index >= 15 is 0 Å². The van der Waals surface area contributed by atoms with Crippen LogP contribution in [0.4, 0.5) is 4.79 Å². The first-order valence-electron chi connectivity index (χ1n) is 7.80. The van der Waals surface area contributed by atoms with Crippen molar-refractivity contribution in [3.05, 3.63) is 18.0 Å². The molecule has 1 saturated heterocycles. The number of aryl methyl sites for hydroxylation is 1. The molecule has 0 aromatic carbocycles. The minimum absolute atomic E-state index is 0.00526. The topological polar surface area (TPSA) is 87.5 Å². The molecule has 1 saturated carbocycles. The van der Waals surface area contributed by atoms with Crippen molar-refractivity contribution in [2.45, 2.75) is 37.6 Å². The fraction of sp³-hybridized carbons (Fsp3) is 0.667. The number of carboxylic acid groups (broad SMARTS) is 1. The molecular weight excluding hydrogens is 284 g/mol. The molecular formula is C15H22N4O3. The van der Waals surface area contributed by atoms with E-state index in [4.69, 9.17) is 5.11 Å². The molecule has 7 nitrogen and oxygen atoms in total. The van der Waals surface area contributed by atoms with Crippen LogP contribution in [0.25, 0.3) is 0 Å². The SMILES string of the molecule is Cn1nccc1C1CCCN(C(=O)NC2CC(C(=O)O)C2)C1. The van der Waals surface area contributed by atoms with E-state index in [2.05, 4.69) is 10.4 Å².